The first-order valence-corrected chi connectivity index (χ1v) is 9.09. The molecular formula is C23H13ClN2O2. The van der Waals surface area contributed by atoms with Crippen molar-refractivity contribution in [2.45, 2.75) is 5.60 Å². The summed E-state index contributed by atoms with van der Waals surface area (Å²) >= 11 is 6.44. The van der Waals surface area contributed by atoms with Gasteiger partial charge in [0.15, 0.2) is 5.82 Å². The standard InChI is InChI=1S/C23H13ClN2O2/c24-17-10-6-12-19-20(17)23(28,14-13-15-7-2-1-3-8-15)22-25-18-11-5-4-9-16(18)21(27)26(19)22/h1-12,28H. The van der Waals surface area contributed by atoms with Crippen LogP contribution in [0.25, 0.3) is 16.6 Å². The Bertz CT molecular complexity index is 1370. The van der Waals surface area contributed by atoms with Crippen LogP contribution in [0.3, 0.4) is 0 Å². The fraction of sp³-hybridized carbons (Fsp3) is 0.0435. The number of hydrogen-bond donors (Lipinski definition) is 1. The van der Waals surface area contributed by atoms with Crippen LogP contribution in [0.5, 0.6) is 0 Å². The van der Waals surface area contributed by atoms with Crippen LogP contribution in [0.15, 0.2) is 77.6 Å². The number of rotatable bonds is 0. The van der Waals surface area contributed by atoms with E-state index in [0.29, 0.717) is 27.2 Å². The molecule has 134 valence electrons. The van der Waals surface area contributed by atoms with Crippen molar-refractivity contribution in [3.8, 4) is 17.5 Å². The Morgan fingerprint density at radius 1 is 0.964 bits per heavy atom. The highest BCUT2D eigenvalue weighted by atomic mass is 35.5. The minimum atomic E-state index is -1.80. The van der Waals surface area contributed by atoms with Crippen LogP contribution >= 0.6 is 11.6 Å². The Morgan fingerprint density at radius 3 is 2.54 bits per heavy atom. The molecule has 1 aromatic heterocycles. The lowest BCUT2D eigenvalue weighted by atomic mass is 9.94. The van der Waals surface area contributed by atoms with E-state index >= 15 is 0 Å². The van der Waals surface area contributed by atoms with Crippen LogP contribution in [0, 0.1) is 11.8 Å². The van der Waals surface area contributed by atoms with Gasteiger partial charge in [-0.1, -0.05) is 53.9 Å². The molecule has 1 aliphatic heterocycles. The topological polar surface area (TPSA) is 55.1 Å². The van der Waals surface area contributed by atoms with Crippen molar-refractivity contribution >= 4 is 22.5 Å². The van der Waals surface area contributed by atoms with Crippen molar-refractivity contribution in [1.82, 2.24) is 9.55 Å². The Morgan fingerprint density at radius 2 is 1.71 bits per heavy atom. The van der Waals surface area contributed by atoms with Crippen molar-refractivity contribution in [3.05, 3.63) is 105 Å². The predicted molar refractivity (Wildman–Crippen MR) is 109 cm³/mol. The average molecular weight is 385 g/mol. The van der Waals surface area contributed by atoms with Gasteiger partial charge < -0.3 is 5.11 Å². The normalized spacial score (nSPS) is 16.9. The molecule has 4 nitrogen and oxygen atoms in total. The van der Waals surface area contributed by atoms with E-state index in [1.807, 2.05) is 30.3 Å². The molecule has 0 radical (unpaired) electrons. The van der Waals surface area contributed by atoms with Crippen LogP contribution in [-0.2, 0) is 5.60 Å². The van der Waals surface area contributed by atoms with E-state index in [0.717, 1.165) is 5.56 Å². The molecule has 5 heteroatoms. The van der Waals surface area contributed by atoms with Crippen LogP contribution in [0.2, 0.25) is 5.02 Å². The predicted octanol–water partition coefficient (Wildman–Crippen LogP) is 3.64. The van der Waals surface area contributed by atoms with Gasteiger partial charge in [-0.25, -0.2) is 4.98 Å². The lowest BCUT2D eigenvalue weighted by Crippen LogP contribution is -2.29. The zero-order valence-corrected chi connectivity index (χ0v) is 15.3. The molecule has 1 aliphatic rings. The zero-order valence-electron chi connectivity index (χ0n) is 14.6. The molecule has 0 saturated carbocycles. The summed E-state index contributed by atoms with van der Waals surface area (Å²) < 4.78 is 1.41. The fourth-order valence-electron chi connectivity index (χ4n) is 3.57. The van der Waals surface area contributed by atoms with Crippen LogP contribution in [0.1, 0.15) is 17.0 Å². The van der Waals surface area contributed by atoms with Gasteiger partial charge in [-0.3, -0.25) is 9.36 Å². The highest BCUT2D eigenvalue weighted by Crippen LogP contribution is 2.43. The van der Waals surface area contributed by atoms with Gasteiger partial charge in [0.25, 0.3) is 5.56 Å². The van der Waals surface area contributed by atoms with Gasteiger partial charge in [0.1, 0.15) is 0 Å². The molecule has 5 rings (SSSR count). The molecule has 2 heterocycles. The van der Waals surface area contributed by atoms with E-state index in [4.69, 9.17) is 11.6 Å². The fourth-order valence-corrected chi connectivity index (χ4v) is 3.88. The van der Waals surface area contributed by atoms with Gasteiger partial charge in [0, 0.05) is 11.1 Å². The number of benzene rings is 3. The van der Waals surface area contributed by atoms with Gasteiger partial charge >= 0.3 is 0 Å². The summed E-state index contributed by atoms with van der Waals surface area (Å²) in [5.74, 6) is 6.06. The molecule has 1 unspecified atom stereocenters. The van der Waals surface area contributed by atoms with E-state index in [9.17, 15) is 9.90 Å². The van der Waals surface area contributed by atoms with Gasteiger partial charge in [-0.2, -0.15) is 0 Å². The minimum absolute atomic E-state index is 0.155. The molecule has 0 spiro atoms. The Balaban J connectivity index is 1.88. The second kappa shape index (κ2) is 6.07. The van der Waals surface area contributed by atoms with Gasteiger partial charge in [0.05, 0.1) is 21.6 Å². The second-order valence-electron chi connectivity index (χ2n) is 6.55. The number of fused-ring (bicyclic) bond motifs is 4. The molecule has 0 aliphatic carbocycles. The third kappa shape index (κ3) is 2.31. The van der Waals surface area contributed by atoms with E-state index in [1.54, 1.807) is 42.5 Å². The average Bonchev–Trinajstić information content (AvgIpc) is 2.98. The summed E-state index contributed by atoms with van der Waals surface area (Å²) in [5.41, 5.74) is 0.0538. The molecule has 0 bridgehead atoms. The van der Waals surface area contributed by atoms with Crippen molar-refractivity contribution in [1.29, 1.82) is 0 Å². The minimum Gasteiger partial charge on any atom is -0.367 e. The molecule has 0 saturated heterocycles. The number of nitrogens with zero attached hydrogens (tertiary/aromatic N) is 2. The summed E-state index contributed by atoms with van der Waals surface area (Å²) in [6, 6.07) is 21.5. The molecule has 0 fully saturated rings. The second-order valence-corrected chi connectivity index (χ2v) is 6.96. The zero-order chi connectivity index (χ0) is 19.3. The smallest absolute Gasteiger partial charge is 0.266 e. The van der Waals surface area contributed by atoms with Crippen LogP contribution in [0.4, 0.5) is 0 Å². The highest BCUT2D eigenvalue weighted by molar-refractivity contribution is 6.32. The Hall–Kier alpha value is -3.39. The molecule has 1 atom stereocenters. The van der Waals surface area contributed by atoms with E-state index in [2.05, 4.69) is 16.8 Å². The van der Waals surface area contributed by atoms with Crippen molar-refractivity contribution in [3.63, 3.8) is 0 Å². The molecule has 1 N–H and O–H groups in total. The SMILES string of the molecule is O=c1c2ccccc2nc2n1-c1cccc(Cl)c1C2(O)C#Cc1ccccc1. The third-order valence-corrected chi connectivity index (χ3v) is 5.17. The van der Waals surface area contributed by atoms with E-state index < -0.39 is 5.60 Å². The van der Waals surface area contributed by atoms with Gasteiger partial charge in [-0.05, 0) is 42.3 Å². The van der Waals surface area contributed by atoms with Crippen LogP contribution < -0.4 is 5.56 Å². The summed E-state index contributed by atoms with van der Waals surface area (Å²) in [6.07, 6.45) is 0. The maximum Gasteiger partial charge on any atom is 0.266 e. The van der Waals surface area contributed by atoms with Crippen LogP contribution in [-0.4, -0.2) is 14.7 Å². The summed E-state index contributed by atoms with van der Waals surface area (Å²) in [7, 11) is 0. The van der Waals surface area contributed by atoms with E-state index in [1.165, 1.54) is 4.57 Å². The number of para-hydroxylation sites is 1. The third-order valence-electron chi connectivity index (χ3n) is 4.86. The maximum absolute atomic E-state index is 13.2. The Kier molecular flexibility index (Phi) is 3.63. The van der Waals surface area contributed by atoms with Crippen molar-refractivity contribution < 1.29 is 5.11 Å². The monoisotopic (exact) mass is 384 g/mol. The van der Waals surface area contributed by atoms with Gasteiger partial charge in [-0.15, -0.1) is 0 Å². The number of hydrogen-bond acceptors (Lipinski definition) is 3. The molecular weight excluding hydrogens is 372 g/mol. The molecule has 4 aromatic rings. The lowest BCUT2D eigenvalue weighted by Gasteiger charge is -2.17. The summed E-state index contributed by atoms with van der Waals surface area (Å²) in [6.45, 7) is 0. The first-order valence-electron chi connectivity index (χ1n) is 8.72. The van der Waals surface area contributed by atoms with Crippen molar-refractivity contribution in [2.75, 3.05) is 0 Å². The largest absolute Gasteiger partial charge is 0.367 e. The molecule has 28 heavy (non-hydrogen) atoms. The highest BCUT2D eigenvalue weighted by Gasteiger charge is 2.45. The molecule has 0 amide bonds. The quantitative estimate of drug-likeness (QED) is 0.471. The van der Waals surface area contributed by atoms with Gasteiger partial charge in [0.2, 0.25) is 5.60 Å². The summed E-state index contributed by atoms with van der Waals surface area (Å²) in [5, 5.41) is 12.4. The Labute approximate surface area is 165 Å². The first kappa shape index (κ1) is 16.8. The number of aromatic nitrogens is 2. The number of aliphatic hydroxyl groups is 1. The molecule has 3 aromatic carbocycles. The van der Waals surface area contributed by atoms with Crippen molar-refractivity contribution in [2.24, 2.45) is 0 Å². The lowest BCUT2D eigenvalue weighted by molar-refractivity contribution is 0.141. The van der Waals surface area contributed by atoms with E-state index in [-0.39, 0.29) is 11.4 Å². The maximum atomic E-state index is 13.2. The number of halogens is 1. The summed E-state index contributed by atoms with van der Waals surface area (Å²) in [4.78, 5) is 17.8. The first-order chi connectivity index (χ1) is 13.6.